The number of likely N-dealkylation sites (N-methyl/N-ethyl adjacent to an activating group) is 1. The highest BCUT2D eigenvalue weighted by Crippen LogP contribution is 2.10. The van der Waals surface area contributed by atoms with Gasteiger partial charge < -0.3 is 24.5 Å². The number of morpholine rings is 1. The molecule has 2 heterocycles. The van der Waals surface area contributed by atoms with Gasteiger partial charge in [-0.2, -0.15) is 0 Å². The molecule has 0 radical (unpaired) electrons. The molecule has 2 amide bonds. The Morgan fingerprint density at radius 1 is 1.11 bits per heavy atom. The minimum absolute atomic E-state index is 0.0716. The average molecular weight is 257 g/mol. The number of carbonyl (C=O) groups is 2. The maximum atomic E-state index is 12.2. The average Bonchev–Trinajstić information content (AvgIpc) is 2.39. The summed E-state index contributed by atoms with van der Waals surface area (Å²) in [6.07, 6.45) is -0.893. The zero-order valence-electron chi connectivity index (χ0n) is 10.5. The normalized spacial score (nSPS) is 26.2. The molecule has 2 saturated heterocycles. The van der Waals surface area contributed by atoms with E-state index in [-0.39, 0.29) is 19.2 Å². The molecule has 0 aromatic rings. The highest BCUT2D eigenvalue weighted by atomic mass is 16.5. The first-order valence-electron chi connectivity index (χ1n) is 6.14. The number of carbonyl (C=O) groups excluding carboxylic acids is 1. The Kier molecular flexibility index (Phi) is 4.03. The molecule has 102 valence electrons. The molecule has 0 aromatic carbocycles. The number of rotatable bonds is 1. The number of nitrogens with zero attached hydrogens (tertiary/aromatic N) is 3. The number of hydrogen-bond donors (Lipinski definition) is 1. The van der Waals surface area contributed by atoms with E-state index >= 15 is 0 Å². The zero-order chi connectivity index (χ0) is 13.1. The third-order valence-corrected chi connectivity index (χ3v) is 3.39. The predicted molar refractivity (Wildman–Crippen MR) is 63.4 cm³/mol. The number of amides is 2. The van der Waals surface area contributed by atoms with Crippen molar-refractivity contribution in [2.24, 2.45) is 0 Å². The second-order valence-corrected chi connectivity index (χ2v) is 4.72. The van der Waals surface area contributed by atoms with E-state index < -0.39 is 12.1 Å². The lowest BCUT2D eigenvalue weighted by Crippen LogP contribution is -2.56. The van der Waals surface area contributed by atoms with E-state index in [0.717, 1.165) is 13.1 Å². The third kappa shape index (κ3) is 2.91. The van der Waals surface area contributed by atoms with Crippen LogP contribution in [0.1, 0.15) is 0 Å². The van der Waals surface area contributed by atoms with E-state index in [9.17, 15) is 9.59 Å². The number of carboxylic acids is 1. The first-order valence-corrected chi connectivity index (χ1v) is 6.14. The van der Waals surface area contributed by atoms with Crippen molar-refractivity contribution in [1.29, 1.82) is 0 Å². The topological polar surface area (TPSA) is 73.3 Å². The van der Waals surface area contributed by atoms with Gasteiger partial charge in [-0.1, -0.05) is 0 Å². The molecule has 0 spiro atoms. The summed E-state index contributed by atoms with van der Waals surface area (Å²) in [5, 5.41) is 8.90. The summed E-state index contributed by atoms with van der Waals surface area (Å²) in [6, 6.07) is -0.0716. The maximum Gasteiger partial charge on any atom is 0.334 e. The smallest absolute Gasteiger partial charge is 0.334 e. The Morgan fingerprint density at radius 3 is 2.39 bits per heavy atom. The molecule has 1 N–H and O–H groups in total. The Bertz CT molecular complexity index is 328. The zero-order valence-corrected chi connectivity index (χ0v) is 10.5. The van der Waals surface area contributed by atoms with Crippen LogP contribution in [-0.2, 0) is 9.53 Å². The molecular weight excluding hydrogens is 238 g/mol. The number of carboxylic acid groups (broad SMARTS) is 1. The number of hydrogen-bond acceptors (Lipinski definition) is 4. The molecule has 0 saturated carbocycles. The van der Waals surface area contributed by atoms with Crippen LogP contribution in [-0.4, -0.2) is 90.8 Å². The van der Waals surface area contributed by atoms with Gasteiger partial charge in [-0.3, -0.25) is 0 Å². The van der Waals surface area contributed by atoms with Crippen molar-refractivity contribution in [2.75, 3.05) is 52.9 Å². The quantitative estimate of drug-likeness (QED) is 0.661. The van der Waals surface area contributed by atoms with Gasteiger partial charge in [-0.15, -0.1) is 0 Å². The van der Waals surface area contributed by atoms with Crippen LogP contribution in [0.4, 0.5) is 4.79 Å². The van der Waals surface area contributed by atoms with Crippen LogP contribution in [0.2, 0.25) is 0 Å². The van der Waals surface area contributed by atoms with Crippen LogP contribution < -0.4 is 0 Å². The van der Waals surface area contributed by atoms with Gasteiger partial charge in [0.05, 0.1) is 13.2 Å². The summed E-state index contributed by atoms with van der Waals surface area (Å²) in [5.41, 5.74) is 0. The SMILES string of the molecule is CN1CCN(C(=O)N2CCOC(C(=O)O)C2)CC1. The molecule has 1 unspecified atom stereocenters. The molecule has 18 heavy (non-hydrogen) atoms. The second kappa shape index (κ2) is 5.53. The van der Waals surface area contributed by atoms with E-state index in [0.29, 0.717) is 19.6 Å². The molecular formula is C11H19N3O4. The number of aliphatic carboxylic acids is 1. The van der Waals surface area contributed by atoms with Crippen molar-refractivity contribution in [2.45, 2.75) is 6.10 Å². The van der Waals surface area contributed by atoms with Gasteiger partial charge in [0.1, 0.15) is 0 Å². The van der Waals surface area contributed by atoms with E-state index in [1.807, 2.05) is 7.05 Å². The van der Waals surface area contributed by atoms with Gasteiger partial charge >= 0.3 is 12.0 Å². The van der Waals surface area contributed by atoms with Crippen LogP contribution in [0, 0.1) is 0 Å². The van der Waals surface area contributed by atoms with Crippen molar-refractivity contribution in [3.05, 3.63) is 0 Å². The minimum Gasteiger partial charge on any atom is -0.479 e. The molecule has 2 fully saturated rings. The Labute approximate surface area is 106 Å². The van der Waals surface area contributed by atoms with Gasteiger partial charge in [0, 0.05) is 32.7 Å². The lowest BCUT2D eigenvalue weighted by Gasteiger charge is -2.38. The van der Waals surface area contributed by atoms with Gasteiger partial charge in [0.25, 0.3) is 0 Å². The molecule has 2 aliphatic heterocycles. The van der Waals surface area contributed by atoms with E-state index in [1.54, 1.807) is 9.80 Å². The fraction of sp³-hybridized carbons (Fsp3) is 0.818. The summed E-state index contributed by atoms with van der Waals surface area (Å²) < 4.78 is 5.10. The van der Waals surface area contributed by atoms with Gasteiger partial charge in [-0.25, -0.2) is 9.59 Å². The molecule has 1 atom stereocenters. The molecule has 7 heteroatoms. The molecule has 0 aromatic heterocycles. The summed E-state index contributed by atoms with van der Waals surface area (Å²) >= 11 is 0. The van der Waals surface area contributed by atoms with E-state index in [4.69, 9.17) is 9.84 Å². The van der Waals surface area contributed by atoms with Crippen molar-refractivity contribution >= 4 is 12.0 Å². The monoisotopic (exact) mass is 257 g/mol. The van der Waals surface area contributed by atoms with E-state index in [1.165, 1.54) is 0 Å². The maximum absolute atomic E-state index is 12.2. The molecule has 0 bridgehead atoms. The first kappa shape index (κ1) is 13.1. The number of piperazine rings is 1. The van der Waals surface area contributed by atoms with Crippen LogP contribution in [0.5, 0.6) is 0 Å². The molecule has 0 aliphatic carbocycles. The summed E-state index contributed by atoms with van der Waals surface area (Å²) in [5.74, 6) is -1.01. The largest absolute Gasteiger partial charge is 0.479 e. The lowest BCUT2D eigenvalue weighted by atomic mass is 10.2. The van der Waals surface area contributed by atoms with Gasteiger partial charge in [-0.05, 0) is 7.05 Å². The molecule has 2 aliphatic rings. The van der Waals surface area contributed by atoms with Crippen LogP contribution in [0.3, 0.4) is 0 Å². The van der Waals surface area contributed by atoms with Crippen LogP contribution in [0.25, 0.3) is 0 Å². The molecule has 2 rings (SSSR count). The lowest BCUT2D eigenvalue weighted by molar-refractivity contribution is -0.154. The number of urea groups is 1. The highest BCUT2D eigenvalue weighted by Gasteiger charge is 2.31. The van der Waals surface area contributed by atoms with Crippen molar-refractivity contribution < 1.29 is 19.4 Å². The Hall–Kier alpha value is -1.34. The number of ether oxygens (including phenoxy) is 1. The second-order valence-electron chi connectivity index (χ2n) is 4.72. The Morgan fingerprint density at radius 2 is 1.78 bits per heavy atom. The molecule has 7 nitrogen and oxygen atoms in total. The van der Waals surface area contributed by atoms with Crippen molar-refractivity contribution in [1.82, 2.24) is 14.7 Å². The van der Waals surface area contributed by atoms with Crippen molar-refractivity contribution in [3.8, 4) is 0 Å². The standard InChI is InChI=1S/C11H19N3O4/c1-12-2-4-13(5-3-12)11(17)14-6-7-18-9(8-14)10(15)16/h9H,2-8H2,1H3,(H,15,16). The fourth-order valence-corrected chi connectivity index (χ4v) is 2.17. The first-order chi connectivity index (χ1) is 8.58. The minimum atomic E-state index is -1.01. The van der Waals surface area contributed by atoms with Crippen LogP contribution >= 0.6 is 0 Å². The summed E-state index contributed by atoms with van der Waals surface area (Å²) in [7, 11) is 2.02. The Balaban J connectivity index is 1.90. The van der Waals surface area contributed by atoms with E-state index in [2.05, 4.69) is 4.90 Å². The summed E-state index contributed by atoms with van der Waals surface area (Å²) in [6.45, 7) is 4.01. The third-order valence-electron chi connectivity index (χ3n) is 3.39. The van der Waals surface area contributed by atoms with Gasteiger partial charge in [0.2, 0.25) is 0 Å². The van der Waals surface area contributed by atoms with Gasteiger partial charge in [0.15, 0.2) is 6.10 Å². The highest BCUT2D eigenvalue weighted by molar-refractivity contribution is 5.77. The predicted octanol–water partition coefficient (Wildman–Crippen LogP) is -0.861. The van der Waals surface area contributed by atoms with Crippen molar-refractivity contribution in [3.63, 3.8) is 0 Å². The van der Waals surface area contributed by atoms with Crippen LogP contribution in [0.15, 0.2) is 0 Å². The summed E-state index contributed by atoms with van der Waals surface area (Å²) in [4.78, 5) is 28.6. The fourth-order valence-electron chi connectivity index (χ4n) is 2.17.